The van der Waals surface area contributed by atoms with Crippen LogP contribution in [-0.2, 0) is 13.0 Å². The van der Waals surface area contributed by atoms with E-state index in [0.29, 0.717) is 17.8 Å². The summed E-state index contributed by atoms with van der Waals surface area (Å²) in [5.74, 6) is -0.112. The van der Waals surface area contributed by atoms with Gasteiger partial charge < -0.3 is 11.1 Å². The Bertz CT molecular complexity index is 608. The van der Waals surface area contributed by atoms with Crippen LogP contribution in [0.15, 0.2) is 42.6 Å². The third-order valence-electron chi connectivity index (χ3n) is 3.52. The first-order valence-electron chi connectivity index (χ1n) is 7.18. The summed E-state index contributed by atoms with van der Waals surface area (Å²) in [5, 5.41) is 2.99. The van der Waals surface area contributed by atoms with Crippen molar-refractivity contribution in [3.8, 4) is 0 Å². The minimum absolute atomic E-state index is 0.0436. The number of pyridine rings is 1. The molecule has 0 aliphatic carbocycles. The molecule has 1 aromatic heterocycles. The second-order valence-corrected chi connectivity index (χ2v) is 5.03. The summed E-state index contributed by atoms with van der Waals surface area (Å²) in [6, 6.07) is 11.7. The Balaban J connectivity index is 2.06. The van der Waals surface area contributed by atoms with Crippen molar-refractivity contribution in [1.82, 2.24) is 10.3 Å². The first kappa shape index (κ1) is 15.2. The maximum Gasteiger partial charge on any atom is 0.251 e. The summed E-state index contributed by atoms with van der Waals surface area (Å²) in [6.45, 7) is 4.43. The fraction of sp³-hybridized carbons (Fsp3) is 0.294. The fourth-order valence-electron chi connectivity index (χ4n) is 2.14. The van der Waals surface area contributed by atoms with Crippen LogP contribution < -0.4 is 11.1 Å². The fourth-order valence-corrected chi connectivity index (χ4v) is 2.14. The number of carbonyl (C=O) groups excluding carboxylic acids is 1. The molecule has 0 radical (unpaired) electrons. The summed E-state index contributed by atoms with van der Waals surface area (Å²) in [5.41, 5.74) is 9.22. The molecule has 0 bridgehead atoms. The lowest BCUT2D eigenvalue weighted by Gasteiger charge is -2.15. The minimum atomic E-state index is -0.112. The lowest BCUT2D eigenvalue weighted by molar-refractivity contribution is 0.0939. The van der Waals surface area contributed by atoms with E-state index in [9.17, 15) is 4.79 Å². The molecule has 0 aliphatic rings. The van der Waals surface area contributed by atoms with E-state index in [1.807, 2.05) is 6.92 Å². The van der Waals surface area contributed by atoms with Crippen LogP contribution in [0.4, 0.5) is 0 Å². The van der Waals surface area contributed by atoms with Gasteiger partial charge in [0.05, 0.1) is 11.7 Å². The van der Waals surface area contributed by atoms with Crippen LogP contribution in [0.3, 0.4) is 0 Å². The van der Waals surface area contributed by atoms with Gasteiger partial charge in [0.25, 0.3) is 5.91 Å². The summed E-state index contributed by atoms with van der Waals surface area (Å²) >= 11 is 0. The van der Waals surface area contributed by atoms with Crippen molar-refractivity contribution in [2.24, 2.45) is 5.73 Å². The average molecular weight is 283 g/mol. The molecule has 2 aromatic rings. The quantitative estimate of drug-likeness (QED) is 0.886. The van der Waals surface area contributed by atoms with Gasteiger partial charge in [-0.1, -0.05) is 31.2 Å². The molecule has 0 saturated carbocycles. The summed E-state index contributed by atoms with van der Waals surface area (Å²) in [4.78, 5) is 16.3. The second kappa shape index (κ2) is 6.99. The molecule has 110 valence electrons. The number of nitrogens with zero attached hydrogens (tertiary/aromatic N) is 1. The maximum atomic E-state index is 12.2. The Kier molecular flexibility index (Phi) is 5.06. The van der Waals surface area contributed by atoms with Crippen molar-refractivity contribution in [3.63, 3.8) is 0 Å². The number of hydrogen-bond acceptors (Lipinski definition) is 3. The third-order valence-corrected chi connectivity index (χ3v) is 3.52. The van der Waals surface area contributed by atoms with Gasteiger partial charge >= 0.3 is 0 Å². The Hall–Kier alpha value is -2.20. The zero-order valence-electron chi connectivity index (χ0n) is 12.5. The van der Waals surface area contributed by atoms with Gasteiger partial charge in [0.2, 0.25) is 0 Å². The smallest absolute Gasteiger partial charge is 0.251 e. The number of hydrogen-bond donors (Lipinski definition) is 2. The molecule has 0 aliphatic heterocycles. The van der Waals surface area contributed by atoms with Crippen molar-refractivity contribution in [3.05, 3.63) is 65.0 Å². The Labute approximate surface area is 125 Å². The zero-order valence-corrected chi connectivity index (χ0v) is 12.5. The average Bonchev–Trinajstić information content (AvgIpc) is 2.54. The largest absolute Gasteiger partial charge is 0.346 e. The molecule has 1 aromatic carbocycles. The Morgan fingerprint density at radius 2 is 2.00 bits per heavy atom. The van der Waals surface area contributed by atoms with Gasteiger partial charge in [0.1, 0.15) is 0 Å². The third kappa shape index (κ3) is 3.89. The van der Waals surface area contributed by atoms with Gasteiger partial charge in [-0.3, -0.25) is 9.78 Å². The number of aromatic nitrogens is 1. The molecule has 1 unspecified atom stereocenters. The second-order valence-electron chi connectivity index (χ2n) is 5.03. The topological polar surface area (TPSA) is 68.0 Å². The molecule has 21 heavy (non-hydrogen) atoms. The minimum Gasteiger partial charge on any atom is -0.346 e. The van der Waals surface area contributed by atoms with Crippen LogP contribution in [0, 0.1) is 0 Å². The van der Waals surface area contributed by atoms with Crippen LogP contribution in [0.1, 0.15) is 47.1 Å². The van der Waals surface area contributed by atoms with E-state index in [1.54, 1.807) is 18.3 Å². The molecule has 1 atom stereocenters. The van der Waals surface area contributed by atoms with E-state index in [1.165, 1.54) is 5.56 Å². The van der Waals surface area contributed by atoms with Crippen molar-refractivity contribution in [2.45, 2.75) is 32.9 Å². The van der Waals surface area contributed by atoms with Gasteiger partial charge in [-0.25, -0.2) is 0 Å². The van der Waals surface area contributed by atoms with Crippen LogP contribution in [0.5, 0.6) is 0 Å². The van der Waals surface area contributed by atoms with Gasteiger partial charge in [-0.2, -0.15) is 0 Å². The summed E-state index contributed by atoms with van der Waals surface area (Å²) < 4.78 is 0. The van der Waals surface area contributed by atoms with E-state index >= 15 is 0 Å². The van der Waals surface area contributed by atoms with Crippen LogP contribution in [-0.4, -0.2) is 10.9 Å². The van der Waals surface area contributed by atoms with Crippen molar-refractivity contribution < 1.29 is 4.79 Å². The standard InChI is InChI=1S/C17H21N3O/c1-3-13-4-6-14(7-5-13)12(2)20-17(21)15-8-9-19-16(10-15)11-18/h4-10,12H,3,11,18H2,1-2H3,(H,20,21). The molecule has 0 fully saturated rings. The molecule has 2 rings (SSSR count). The molecule has 3 N–H and O–H groups in total. The number of nitrogens with one attached hydrogen (secondary N) is 1. The lowest BCUT2D eigenvalue weighted by Crippen LogP contribution is -2.26. The molecule has 1 amide bonds. The van der Waals surface area contributed by atoms with E-state index in [-0.39, 0.29) is 11.9 Å². The normalized spacial score (nSPS) is 12.0. The van der Waals surface area contributed by atoms with E-state index < -0.39 is 0 Å². The number of benzene rings is 1. The highest BCUT2D eigenvalue weighted by Crippen LogP contribution is 2.14. The summed E-state index contributed by atoms with van der Waals surface area (Å²) in [7, 11) is 0. The monoisotopic (exact) mass is 283 g/mol. The van der Waals surface area contributed by atoms with Crippen molar-refractivity contribution >= 4 is 5.91 Å². The lowest BCUT2D eigenvalue weighted by atomic mass is 10.0. The zero-order chi connectivity index (χ0) is 15.2. The molecule has 1 heterocycles. The first-order valence-corrected chi connectivity index (χ1v) is 7.18. The number of rotatable bonds is 5. The molecule has 4 heteroatoms. The van der Waals surface area contributed by atoms with E-state index in [4.69, 9.17) is 5.73 Å². The highest BCUT2D eigenvalue weighted by molar-refractivity contribution is 5.94. The van der Waals surface area contributed by atoms with Gasteiger partial charge in [0.15, 0.2) is 0 Å². The number of nitrogens with two attached hydrogens (primary N) is 1. The van der Waals surface area contributed by atoms with Crippen molar-refractivity contribution in [1.29, 1.82) is 0 Å². The highest BCUT2D eigenvalue weighted by Gasteiger charge is 2.12. The number of aryl methyl sites for hydroxylation is 1. The molecule has 4 nitrogen and oxygen atoms in total. The van der Waals surface area contributed by atoms with E-state index in [2.05, 4.69) is 41.5 Å². The molecular weight excluding hydrogens is 262 g/mol. The Morgan fingerprint density at radius 3 is 2.62 bits per heavy atom. The van der Waals surface area contributed by atoms with E-state index in [0.717, 1.165) is 12.0 Å². The first-order chi connectivity index (χ1) is 10.1. The van der Waals surface area contributed by atoms with Crippen LogP contribution in [0.25, 0.3) is 0 Å². The maximum absolute atomic E-state index is 12.2. The predicted octanol–water partition coefficient (Wildman–Crippen LogP) is 2.59. The predicted molar refractivity (Wildman–Crippen MR) is 83.8 cm³/mol. The van der Waals surface area contributed by atoms with Gasteiger partial charge in [-0.15, -0.1) is 0 Å². The Morgan fingerprint density at radius 1 is 1.29 bits per heavy atom. The van der Waals surface area contributed by atoms with Gasteiger partial charge in [0, 0.05) is 18.3 Å². The number of carbonyl (C=O) groups is 1. The van der Waals surface area contributed by atoms with Crippen molar-refractivity contribution in [2.75, 3.05) is 0 Å². The molecular formula is C17H21N3O. The SMILES string of the molecule is CCc1ccc(C(C)NC(=O)c2ccnc(CN)c2)cc1. The highest BCUT2D eigenvalue weighted by atomic mass is 16.1. The number of amides is 1. The van der Waals surface area contributed by atoms with Gasteiger partial charge in [-0.05, 0) is 36.6 Å². The van der Waals surface area contributed by atoms with Crippen LogP contribution in [0.2, 0.25) is 0 Å². The summed E-state index contributed by atoms with van der Waals surface area (Å²) in [6.07, 6.45) is 2.62. The van der Waals surface area contributed by atoms with Crippen LogP contribution >= 0.6 is 0 Å². The molecule has 0 saturated heterocycles. The molecule has 0 spiro atoms.